The number of para-hydroxylation sites is 1. The standard InChI is InChI=1S/C20H23BrN2O5S/c1-23(14-19(24)22-18-7-4-3-6-17(18)21)20(25)8-5-13-28-15-9-11-16(12-10-15)29(2,26)27/h3-4,6-7,9-12H,5,8,13-14H2,1-2H3,(H,22,24). The van der Waals surface area contributed by atoms with Crippen LogP contribution in [0.3, 0.4) is 0 Å². The van der Waals surface area contributed by atoms with Crippen molar-refractivity contribution in [2.45, 2.75) is 17.7 Å². The van der Waals surface area contributed by atoms with E-state index in [0.717, 1.165) is 10.7 Å². The average molecular weight is 483 g/mol. The van der Waals surface area contributed by atoms with Gasteiger partial charge in [0.05, 0.1) is 23.7 Å². The lowest BCUT2D eigenvalue weighted by Gasteiger charge is -2.17. The van der Waals surface area contributed by atoms with Gasteiger partial charge in [0.15, 0.2) is 9.84 Å². The molecule has 0 atom stereocenters. The van der Waals surface area contributed by atoms with Gasteiger partial charge in [-0.1, -0.05) is 12.1 Å². The fourth-order valence-electron chi connectivity index (χ4n) is 2.44. The van der Waals surface area contributed by atoms with Crippen LogP contribution in [-0.4, -0.2) is 51.6 Å². The van der Waals surface area contributed by atoms with Crippen molar-refractivity contribution in [3.05, 3.63) is 53.0 Å². The molecular formula is C20H23BrN2O5S. The molecule has 29 heavy (non-hydrogen) atoms. The van der Waals surface area contributed by atoms with Gasteiger partial charge in [-0.05, 0) is 58.7 Å². The third-order valence-corrected chi connectivity index (χ3v) is 5.83. The second-order valence-corrected chi connectivity index (χ2v) is 9.34. The molecule has 0 heterocycles. The maximum Gasteiger partial charge on any atom is 0.244 e. The summed E-state index contributed by atoms with van der Waals surface area (Å²) in [6.45, 7) is 0.259. The van der Waals surface area contributed by atoms with E-state index in [0.29, 0.717) is 24.5 Å². The highest BCUT2D eigenvalue weighted by molar-refractivity contribution is 9.10. The molecule has 0 aromatic heterocycles. The predicted molar refractivity (Wildman–Crippen MR) is 115 cm³/mol. The van der Waals surface area contributed by atoms with Gasteiger partial charge in [-0.25, -0.2) is 8.42 Å². The van der Waals surface area contributed by atoms with E-state index in [4.69, 9.17) is 4.74 Å². The number of hydrogen-bond donors (Lipinski definition) is 1. The minimum Gasteiger partial charge on any atom is -0.494 e. The summed E-state index contributed by atoms with van der Waals surface area (Å²) in [6, 6.07) is 13.4. The van der Waals surface area contributed by atoms with Gasteiger partial charge < -0.3 is 15.0 Å². The number of nitrogens with zero attached hydrogens (tertiary/aromatic N) is 1. The SMILES string of the molecule is CN(CC(=O)Nc1ccccc1Br)C(=O)CCCOc1ccc(S(C)(=O)=O)cc1. The van der Waals surface area contributed by atoms with Gasteiger partial charge >= 0.3 is 0 Å². The first-order chi connectivity index (χ1) is 13.7. The van der Waals surface area contributed by atoms with E-state index < -0.39 is 9.84 Å². The maximum absolute atomic E-state index is 12.2. The lowest BCUT2D eigenvalue weighted by atomic mass is 10.3. The monoisotopic (exact) mass is 482 g/mol. The molecule has 0 unspecified atom stereocenters. The van der Waals surface area contributed by atoms with Crippen molar-refractivity contribution in [3.8, 4) is 5.75 Å². The topological polar surface area (TPSA) is 92.8 Å². The van der Waals surface area contributed by atoms with Crippen LogP contribution in [0.4, 0.5) is 5.69 Å². The molecular weight excluding hydrogens is 460 g/mol. The highest BCUT2D eigenvalue weighted by Gasteiger charge is 2.14. The average Bonchev–Trinajstić information content (AvgIpc) is 2.66. The van der Waals surface area contributed by atoms with Gasteiger partial charge in [-0.2, -0.15) is 0 Å². The number of nitrogens with one attached hydrogen (secondary N) is 1. The third-order valence-electron chi connectivity index (χ3n) is 4.01. The van der Waals surface area contributed by atoms with Gasteiger partial charge in [0, 0.05) is 24.2 Å². The van der Waals surface area contributed by atoms with E-state index in [1.807, 2.05) is 18.2 Å². The minimum atomic E-state index is -3.24. The molecule has 0 spiro atoms. The number of benzene rings is 2. The van der Waals surface area contributed by atoms with Crippen LogP contribution in [0.25, 0.3) is 0 Å². The number of sulfone groups is 1. The zero-order valence-electron chi connectivity index (χ0n) is 16.2. The molecule has 0 aliphatic rings. The number of rotatable bonds is 9. The van der Waals surface area contributed by atoms with Crippen LogP contribution in [0.5, 0.6) is 5.75 Å². The molecule has 0 radical (unpaired) electrons. The molecule has 0 aliphatic carbocycles. The Morgan fingerprint density at radius 1 is 1.10 bits per heavy atom. The lowest BCUT2D eigenvalue weighted by Crippen LogP contribution is -2.35. The van der Waals surface area contributed by atoms with E-state index in [9.17, 15) is 18.0 Å². The molecule has 1 N–H and O–H groups in total. The number of carbonyl (C=O) groups excluding carboxylic acids is 2. The van der Waals surface area contributed by atoms with Crippen LogP contribution in [0.15, 0.2) is 57.9 Å². The summed E-state index contributed by atoms with van der Waals surface area (Å²) >= 11 is 3.36. The molecule has 156 valence electrons. The summed E-state index contributed by atoms with van der Waals surface area (Å²) < 4.78 is 29.1. The summed E-state index contributed by atoms with van der Waals surface area (Å²) in [7, 11) is -1.66. The highest BCUT2D eigenvalue weighted by atomic mass is 79.9. The number of ether oxygens (including phenoxy) is 1. The first kappa shape index (κ1) is 22.9. The minimum absolute atomic E-state index is 0.0476. The van der Waals surface area contributed by atoms with E-state index in [-0.39, 0.29) is 29.7 Å². The van der Waals surface area contributed by atoms with E-state index >= 15 is 0 Å². The molecule has 9 heteroatoms. The Labute approximate surface area is 179 Å². The van der Waals surface area contributed by atoms with Crippen molar-refractivity contribution < 1.29 is 22.7 Å². The number of amides is 2. The van der Waals surface area contributed by atoms with Crippen molar-refractivity contribution in [2.75, 3.05) is 31.8 Å². The third kappa shape index (κ3) is 7.51. The van der Waals surface area contributed by atoms with Gasteiger partial charge in [-0.3, -0.25) is 9.59 Å². The van der Waals surface area contributed by atoms with Gasteiger partial charge in [0.1, 0.15) is 5.75 Å². The predicted octanol–water partition coefficient (Wildman–Crippen LogP) is 3.11. The van der Waals surface area contributed by atoms with Crippen LogP contribution in [0.2, 0.25) is 0 Å². The second-order valence-electron chi connectivity index (χ2n) is 6.47. The molecule has 2 rings (SSSR count). The number of anilines is 1. The summed E-state index contributed by atoms with van der Waals surface area (Å²) in [5, 5.41) is 2.75. The van der Waals surface area contributed by atoms with E-state index in [1.54, 1.807) is 25.2 Å². The normalized spacial score (nSPS) is 11.0. The van der Waals surface area contributed by atoms with Crippen molar-refractivity contribution in [2.24, 2.45) is 0 Å². The Morgan fingerprint density at radius 2 is 1.76 bits per heavy atom. The molecule has 2 amide bonds. The van der Waals surface area contributed by atoms with E-state index in [1.165, 1.54) is 17.0 Å². The summed E-state index contributed by atoms with van der Waals surface area (Å²) in [5.74, 6) is 0.0873. The van der Waals surface area contributed by atoms with Crippen LogP contribution in [0, 0.1) is 0 Å². The number of likely N-dealkylation sites (N-methyl/N-ethyl adjacent to an activating group) is 1. The number of hydrogen-bond acceptors (Lipinski definition) is 5. The molecule has 0 aliphatic heterocycles. The molecule has 0 saturated carbocycles. The van der Waals surface area contributed by atoms with Crippen molar-refractivity contribution in [1.82, 2.24) is 4.90 Å². The molecule has 7 nitrogen and oxygen atoms in total. The summed E-state index contributed by atoms with van der Waals surface area (Å²) in [6.07, 6.45) is 1.85. The van der Waals surface area contributed by atoms with Gasteiger partial charge in [0.2, 0.25) is 11.8 Å². The quantitative estimate of drug-likeness (QED) is 0.554. The summed E-state index contributed by atoms with van der Waals surface area (Å²) in [5.41, 5.74) is 0.647. The fraction of sp³-hybridized carbons (Fsp3) is 0.300. The van der Waals surface area contributed by atoms with E-state index in [2.05, 4.69) is 21.2 Å². The van der Waals surface area contributed by atoms with Crippen LogP contribution in [0.1, 0.15) is 12.8 Å². The lowest BCUT2D eigenvalue weighted by molar-refractivity contribution is -0.133. The Kier molecular flexibility index (Phi) is 8.21. The Morgan fingerprint density at radius 3 is 2.38 bits per heavy atom. The Balaban J connectivity index is 1.71. The zero-order valence-corrected chi connectivity index (χ0v) is 18.6. The van der Waals surface area contributed by atoms with Gasteiger partial charge in [-0.15, -0.1) is 0 Å². The second kappa shape index (κ2) is 10.4. The Bertz CT molecular complexity index is 961. The fourth-order valence-corrected chi connectivity index (χ4v) is 3.46. The summed E-state index contributed by atoms with van der Waals surface area (Å²) in [4.78, 5) is 25.9. The zero-order chi connectivity index (χ0) is 21.4. The molecule has 2 aromatic rings. The van der Waals surface area contributed by atoms with Crippen LogP contribution >= 0.6 is 15.9 Å². The first-order valence-corrected chi connectivity index (χ1v) is 11.6. The number of carbonyl (C=O) groups is 2. The molecule has 0 fully saturated rings. The molecule has 2 aromatic carbocycles. The maximum atomic E-state index is 12.2. The van der Waals surface area contributed by atoms with Crippen LogP contribution in [-0.2, 0) is 19.4 Å². The van der Waals surface area contributed by atoms with Crippen molar-refractivity contribution >= 4 is 43.3 Å². The molecule has 0 saturated heterocycles. The number of halogens is 1. The molecule has 0 bridgehead atoms. The van der Waals surface area contributed by atoms with Gasteiger partial charge in [0.25, 0.3) is 0 Å². The first-order valence-electron chi connectivity index (χ1n) is 8.88. The smallest absolute Gasteiger partial charge is 0.244 e. The van der Waals surface area contributed by atoms with Crippen molar-refractivity contribution in [3.63, 3.8) is 0 Å². The van der Waals surface area contributed by atoms with Crippen molar-refractivity contribution in [1.29, 1.82) is 0 Å². The Hall–Kier alpha value is -2.39. The largest absolute Gasteiger partial charge is 0.494 e. The highest BCUT2D eigenvalue weighted by Crippen LogP contribution is 2.21. The van der Waals surface area contributed by atoms with Crippen LogP contribution < -0.4 is 10.1 Å².